The number of aliphatic hydroxyl groups excluding tert-OH is 1. The molecule has 0 spiro atoms. The lowest BCUT2D eigenvalue weighted by molar-refractivity contribution is -0.139. The highest BCUT2D eigenvalue weighted by atomic mass is 79.9. The largest absolute Gasteiger partial charge is 0.480 e. The molecular formula is C18H27BrN7O10P. The van der Waals surface area contributed by atoms with E-state index >= 15 is 0 Å². The van der Waals surface area contributed by atoms with Gasteiger partial charge in [0.25, 0.3) is 0 Å². The summed E-state index contributed by atoms with van der Waals surface area (Å²) in [5.74, 6) is -2.85. The van der Waals surface area contributed by atoms with Gasteiger partial charge in [-0.1, -0.05) is 0 Å². The third kappa shape index (κ3) is 5.85. The van der Waals surface area contributed by atoms with Crippen LogP contribution < -0.4 is 20.6 Å². The van der Waals surface area contributed by atoms with E-state index in [2.05, 4.69) is 41.1 Å². The minimum atomic E-state index is -4.32. The van der Waals surface area contributed by atoms with Crippen molar-refractivity contribution in [2.75, 3.05) is 19.5 Å². The molecule has 206 valence electrons. The Balaban J connectivity index is 1.90. The van der Waals surface area contributed by atoms with Gasteiger partial charge in [0.05, 0.1) is 13.7 Å². The predicted molar refractivity (Wildman–Crippen MR) is 129 cm³/mol. The molecule has 1 aliphatic rings. The third-order valence-corrected chi connectivity index (χ3v) is 8.08. The molecule has 2 aromatic heterocycles. The number of carboxylic acid groups (broad SMARTS) is 2. The van der Waals surface area contributed by atoms with E-state index in [4.69, 9.17) is 29.9 Å². The molecule has 19 heteroatoms. The monoisotopic (exact) mass is 611 g/mol. The number of aliphatic hydroxyl groups is 2. The number of nitrogens with one attached hydrogen (secondary N) is 2. The first-order valence-corrected chi connectivity index (χ1v) is 13.1. The molecule has 1 fully saturated rings. The molecule has 2 unspecified atom stereocenters. The van der Waals surface area contributed by atoms with Crippen LogP contribution in [0.2, 0.25) is 0 Å². The molecule has 17 nitrogen and oxygen atoms in total. The molecule has 0 bridgehead atoms. The predicted octanol–water partition coefficient (Wildman–Crippen LogP) is -0.561. The number of nitrogens with two attached hydrogens (primary N) is 1. The summed E-state index contributed by atoms with van der Waals surface area (Å²) in [6.45, 7) is 2.99. The van der Waals surface area contributed by atoms with Gasteiger partial charge in [-0.15, -0.1) is 0 Å². The van der Waals surface area contributed by atoms with Crippen molar-refractivity contribution in [3.8, 4) is 5.88 Å². The molecule has 3 rings (SSSR count). The Labute approximate surface area is 218 Å². The number of methoxy groups -OCH3 is 1. The van der Waals surface area contributed by atoms with Crippen molar-refractivity contribution in [2.24, 2.45) is 0 Å². The molecule has 0 amide bonds. The lowest BCUT2D eigenvalue weighted by Crippen LogP contribution is -2.45. The Bertz CT molecular complexity index is 1220. The molecule has 0 aliphatic carbocycles. The number of carboxylic acids is 2. The van der Waals surface area contributed by atoms with Crippen LogP contribution in [0, 0.1) is 0 Å². The van der Waals surface area contributed by atoms with Crippen LogP contribution in [-0.2, 0) is 23.4 Å². The minimum Gasteiger partial charge on any atom is -0.480 e. The van der Waals surface area contributed by atoms with Crippen molar-refractivity contribution >= 4 is 52.7 Å². The van der Waals surface area contributed by atoms with Gasteiger partial charge in [0.1, 0.15) is 29.9 Å². The number of aromatic nitrogens is 4. The molecule has 0 aromatic carbocycles. The number of ether oxygens (including phenoxy) is 2. The van der Waals surface area contributed by atoms with Gasteiger partial charge in [0, 0.05) is 0 Å². The molecule has 1 aliphatic heterocycles. The van der Waals surface area contributed by atoms with E-state index in [1.165, 1.54) is 32.4 Å². The van der Waals surface area contributed by atoms with Gasteiger partial charge in [-0.3, -0.25) is 18.7 Å². The standard InChI is InChI=1S/C18H27BrN7O10P/c1-6(13(28)29)24-37(33,25-7(2)14(30)31)35-5-8-10(27)18(3,32)15(36-8)26-11-9(21-16(26)19)12(34-4)23-17(20)22-11/h6-8,10,15,27,32H,5H2,1-4H3,(H,28,29)(H,30,31)(H2,20,22,23)(H2,24,25,33)/t6?,7?,8-,10-,15-,18-,37?/m1/s1. The summed E-state index contributed by atoms with van der Waals surface area (Å²) >= 11 is 3.26. The van der Waals surface area contributed by atoms with Crippen molar-refractivity contribution in [3.63, 3.8) is 0 Å². The highest BCUT2D eigenvalue weighted by Gasteiger charge is 2.54. The van der Waals surface area contributed by atoms with Crippen molar-refractivity contribution in [1.82, 2.24) is 29.7 Å². The van der Waals surface area contributed by atoms with Gasteiger partial charge in [-0.2, -0.15) is 9.97 Å². The maximum Gasteiger partial charge on any atom is 0.342 e. The number of carbonyl (C=O) groups is 2. The van der Waals surface area contributed by atoms with E-state index in [0.29, 0.717) is 0 Å². The molecule has 8 N–H and O–H groups in total. The molecule has 6 atom stereocenters. The molecule has 0 saturated carbocycles. The topological polar surface area (TPSA) is 253 Å². The van der Waals surface area contributed by atoms with Crippen LogP contribution in [0.4, 0.5) is 5.95 Å². The molecule has 2 aromatic rings. The lowest BCUT2D eigenvalue weighted by atomic mass is 9.96. The quantitative estimate of drug-likeness (QED) is 0.124. The Kier molecular flexibility index (Phi) is 8.45. The van der Waals surface area contributed by atoms with Crippen LogP contribution >= 0.6 is 23.6 Å². The lowest BCUT2D eigenvalue weighted by Gasteiger charge is -2.28. The van der Waals surface area contributed by atoms with Crippen LogP contribution in [0.5, 0.6) is 5.88 Å². The van der Waals surface area contributed by atoms with E-state index in [-0.39, 0.29) is 27.7 Å². The Morgan fingerprint density at radius 2 is 1.81 bits per heavy atom. The highest BCUT2D eigenvalue weighted by molar-refractivity contribution is 9.10. The summed E-state index contributed by atoms with van der Waals surface area (Å²) in [6, 6.07) is -2.78. The van der Waals surface area contributed by atoms with E-state index in [1.54, 1.807) is 0 Å². The summed E-state index contributed by atoms with van der Waals surface area (Å²) in [5, 5.41) is 44.8. The first kappa shape index (κ1) is 29.1. The maximum absolute atomic E-state index is 13.3. The Morgan fingerprint density at radius 1 is 1.24 bits per heavy atom. The Hall–Kier alpha value is -2.44. The third-order valence-electron chi connectivity index (χ3n) is 5.55. The normalized spacial score (nSPS) is 27.1. The Morgan fingerprint density at radius 3 is 2.32 bits per heavy atom. The van der Waals surface area contributed by atoms with Gasteiger partial charge in [0.2, 0.25) is 11.8 Å². The second-order valence-corrected chi connectivity index (χ2v) is 11.0. The fraction of sp³-hybridized carbons (Fsp3) is 0.611. The van der Waals surface area contributed by atoms with Crippen LogP contribution in [0.1, 0.15) is 27.0 Å². The molecular weight excluding hydrogens is 585 g/mol. The smallest absolute Gasteiger partial charge is 0.342 e. The van der Waals surface area contributed by atoms with Gasteiger partial charge in [-0.05, 0) is 36.7 Å². The van der Waals surface area contributed by atoms with Crippen molar-refractivity contribution < 1.29 is 48.6 Å². The van der Waals surface area contributed by atoms with E-state index in [9.17, 15) is 24.4 Å². The molecule has 3 heterocycles. The summed E-state index contributed by atoms with van der Waals surface area (Å²) in [7, 11) is -2.97. The average Bonchev–Trinajstić information content (AvgIpc) is 3.23. The second kappa shape index (κ2) is 10.7. The number of hydrogen-bond donors (Lipinski definition) is 7. The highest BCUT2D eigenvalue weighted by Crippen LogP contribution is 2.45. The summed E-state index contributed by atoms with van der Waals surface area (Å²) in [6.07, 6.45) is -4.27. The van der Waals surface area contributed by atoms with Crippen LogP contribution in [0.15, 0.2) is 4.73 Å². The number of fused-ring (bicyclic) bond motifs is 1. The fourth-order valence-electron chi connectivity index (χ4n) is 3.55. The minimum absolute atomic E-state index is 0.0539. The van der Waals surface area contributed by atoms with E-state index < -0.39 is 62.3 Å². The number of rotatable bonds is 11. The van der Waals surface area contributed by atoms with Crippen LogP contribution in [0.3, 0.4) is 0 Å². The summed E-state index contributed by atoms with van der Waals surface area (Å²) in [4.78, 5) is 34.8. The fourth-order valence-corrected chi connectivity index (χ4v) is 5.90. The molecule has 1 saturated heterocycles. The van der Waals surface area contributed by atoms with Gasteiger partial charge >= 0.3 is 19.6 Å². The number of halogens is 1. The van der Waals surface area contributed by atoms with Gasteiger partial charge in [0.15, 0.2) is 22.1 Å². The number of nitrogen functional groups attached to an aromatic ring is 1. The molecule has 37 heavy (non-hydrogen) atoms. The number of imidazole rings is 1. The van der Waals surface area contributed by atoms with Crippen LogP contribution in [0.25, 0.3) is 11.2 Å². The number of anilines is 1. The van der Waals surface area contributed by atoms with E-state index in [1.807, 2.05) is 0 Å². The SMILES string of the molecule is COc1nc(N)nc2c1nc(Br)n2[C@@H]1O[C@H](COP(=O)(NC(C)C(=O)O)NC(C)C(=O)O)[C@@H](O)[C@@]1(C)O. The van der Waals surface area contributed by atoms with Crippen molar-refractivity contribution in [1.29, 1.82) is 0 Å². The second-order valence-electron chi connectivity index (χ2n) is 8.44. The van der Waals surface area contributed by atoms with Gasteiger partial charge < -0.3 is 40.2 Å². The number of hydrogen-bond acceptors (Lipinski definition) is 12. The summed E-state index contributed by atoms with van der Waals surface area (Å²) in [5.41, 5.74) is 4.06. The zero-order chi connectivity index (χ0) is 27.9. The molecule has 0 radical (unpaired) electrons. The summed E-state index contributed by atoms with van der Waals surface area (Å²) < 4.78 is 31.1. The average molecular weight is 612 g/mol. The van der Waals surface area contributed by atoms with Crippen molar-refractivity contribution in [2.45, 2.75) is 56.9 Å². The zero-order valence-electron chi connectivity index (χ0n) is 20.0. The number of aliphatic carboxylic acids is 2. The van der Waals surface area contributed by atoms with E-state index in [0.717, 1.165) is 0 Å². The number of nitrogens with zero attached hydrogens (tertiary/aromatic N) is 4. The first-order chi connectivity index (χ1) is 17.1. The van der Waals surface area contributed by atoms with Crippen LogP contribution in [-0.4, -0.2) is 95.5 Å². The zero-order valence-corrected chi connectivity index (χ0v) is 22.5. The maximum atomic E-state index is 13.3. The first-order valence-electron chi connectivity index (χ1n) is 10.7. The van der Waals surface area contributed by atoms with Gasteiger partial charge in [-0.25, -0.2) is 15.2 Å². The van der Waals surface area contributed by atoms with Crippen molar-refractivity contribution in [3.05, 3.63) is 4.73 Å².